The Hall–Kier alpha value is -2.54. The monoisotopic (exact) mass is 212 g/mol. The maximum atomic E-state index is 9.25. The second-order valence-corrected chi connectivity index (χ2v) is 3.07. The minimum absolute atomic E-state index is 0.104. The number of nitrogens with zero attached hydrogens (tertiary/aromatic N) is 2. The van der Waals surface area contributed by atoms with Crippen molar-refractivity contribution in [3.05, 3.63) is 48.2 Å². The summed E-state index contributed by atoms with van der Waals surface area (Å²) in [5, 5.41) is 18.1. The van der Waals surface area contributed by atoms with Crippen molar-refractivity contribution < 1.29 is 9.84 Å². The molecule has 0 radical (unpaired) electrons. The SMILES string of the molecule is N#Cc1cccnc1Oc1cccc(O)c1. The number of phenols is 1. The number of rotatable bonds is 2. The molecular weight excluding hydrogens is 204 g/mol. The molecule has 78 valence electrons. The molecule has 0 saturated carbocycles. The smallest absolute Gasteiger partial charge is 0.237 e. The number of ether oxygens (including phenoxy) is 1. The molecule has 1 N–H and O–H groups in total. The molecule has 0 fully saturated rings. The largest absolute Gasteiger partial charge is 0.508 e. The third-order valence-corrected chi connectivity index (χ3v) is 1.92. The molecule has 0 aliphatic rings. The standard InChI is InChI=1S/C12H8N2O2/c13-8-9-3-2-6-14-12(9)16-11-5-1-4-10(15)7-11/h1-7,15H. The van der Waals surface area contributed by atoms with Crippen molar-refractivity contribution in [3.63, 3.8) is 0 Å². The van der Waals surface area contributed by atoms with Crippen LogP contribution in [0, 0.1) is 11.3 Å². The van der Waals surface area contributed by atoms with Gasteiger partial charge in [0.2, 0.25) is 5.88 Å². The van der Waals surface area contributed by atoms with E-state index in [1.807, 2.05) is 6.07 Å². The van der Waals surface area contributed by atoms with Crippen LogP contribution < -0.4 is 4.74 Å². The van der Waals surface area contributed by atoms with E-state index in [2.05, 4.69) is 4.98 Å². The third kappa shape index (κ3) is 2.10. The minimum Gasteiger partial charge on any atom is -0.508 e. The van der Waals surface area contributed by atoms with Crippen LogP contribution in [0.15, 0.2) is 42.6 Å². The molecule has 0 saturated heterocycles. The first-order chi connectivity index (χ1) is 7.79. The zero-order valence-electron chi connectivity index (χ0n) is 8.29. The molecule has 1 aromatic heterocycles. The van der Waals surface area contributed by atoms with Crippen molar-refractivity contribution in [1.82, 2.24) is 4.98 Å². The van der Waals surface area contributed by atoms with Crippen LogP contribution in [0.3, 0.4) is 0 Å². The van der Waals surface area contributed by atoms with Gasteiger partial charge in [-0.25, -0.2) is 4.98 Å². The molecule has 0 spiro atoms. The van der Waals surface area contributed by atoms with Gasteiger partial charge in [0.1, 0.15) is 23.1 Å². The molecule has 1 aromatic carbocycles. The van der Waals surface area contributed by atoms with Gasteiger partial charge in [-0.1, -0.05) is 6.07 Å². The minimum atomic E-state index is 0.104. The molecule has 1 heterocycles. The zero-order chi connectivity index (χ0) is 11.4. The fraction of sp³-hybridized carbons (Fsp3) is 0. The Balaban J connectivity index is 2.31. The quantitative estimate of drug-likeness (QED) is 0.830. The fourth-order valence-electron chi connectivity index (χ4n) is 1.22. The second kappa shape index (κ2) is 4.32. The Morgan fingerprint density at radius 2 is 2.12 bits per heavy atom. The van der Waals surface area contributed by atoms with E-state index in [4.69, 9.17) is 10.00 Å². The van der Waals surface area contributed by atoms with Crippen LogP contribution in [-0.4, -0.2) is 10.1 Å². The number of pyridine rings is 1. The average Bonchev–Trinajstić information content (AvgIpc) is 2.30. The predicted molar refractivity (Wildman–Crippen MR) is 57.1 cm³/mol. The van der Waals surface area contributed by atoms with Gasteiger partial charge in [0, 0.05) is 12.3 Å². The van der Waals surface area contributed by atoms with Gasteiger partial charge in [-0.15, -0.1) is 0 Å². The normalized spacial score (nSPS) is 9.44. The Morgan fingerprint density at radius 3 is 2.88 bits per heavy atom. The highest BCUT2D eigenvalue weighted by Gasteiger charge is 2.05. The van der Waals surface area contributed by atoms with Crippen LogP contribution in [0.2, 0.25) is 0 Å². The van der Waals surface area contributed by atoms with Crippen molar-refractivity contribution in [2.24, 2.45) is 0 Å². The highest BCUT2D eigenvalue weighted by atomic mass is 16.5. The molecule has 2 aromatic rings. The number of hydrogen-bond donors (Lipinski definition) is 1. The Bertz CT molecular complexity index is 547. The van der Waals surface area contributed by atoms with E-state index in [-0.39, 0.29) is 11.6 Å². The summed E-state index contributed by atoms with van der Waals surface area (Å²) in [6, 6.07) is 11.6. The summed E-state index contributed by atoms with van der Waals surface area (Å²) in [4.78, 5) is 3.95. The second-order valence-electron chi connectivity index (χ2n) is 3.07. The number of phenolic OH excluding ortho intramolecular Hbond substituents is 1. The summed E-state index contributed by atoms with van der Waals surface area (Å²) in [6.45, 7) is 0. The lowest BCUT2D eigenvalue weighted by Crippen LogP contribution is -1.90. The maximum Gasteiger partial charge on any atom is 0.237 e. The molecule has 0 unspecified atom stereocenters. The van der Waals surface area contributed by atoms with Gasteiger partial charge in [0.15, 0.2) is 0 Å². The number of aromatic hydroxyl groups is 1. The molecule has 0 bridgehead atoms. The Kier molecular flexibility index (Phi) is 2.70. The summed E-state index contributed by atoms with van der Waals surface area (Å²) in [7, 11) is 0. The van der Waals surface area contributed by atoms with Crippen LogP contribution in [0.1, 0.15) is 5.56 Å². The predicted octanol–water partition coefficient (Wildman–Crippen LogP) is 2.45. The number of nitriles is 1. The van der Waals surface area contributed by atoms with E-state index in [1.165, 1.54) is 12.1 Å². The van der Waals surface area contributed by atoms with E-state index >= 15 is 0 Å². The topological polar surface area (TPSA) is 66.1 Å². The number of hydrogen-bond acceptors (Lipinski definition) is 4. The van der Waals surface area contributed by atoms with Gasteiger partial charge in [0.25, 0.3) is 0 Å². The summed E-state index contributed by atoms with van der Waals surface area (Å²) >= 11 is 0. The highest BCUT2D eigenvalue weighted by molar-refractivity contribution is 5.41. The lowest BCUT2D eigenvalue weighted by Gasteiger charge is -2.05. The van der Waals surface area contributed by atoms with Crippen LogP contribution in [0.5, 0.6) is 17.4 Å². The number of aromatic nitrogens is 1. The molecule has 4 heteroatoms. The van der Waals surface area contributed by atoms with Crippen molar-refractivity contribution in [2.45, 2.75) is 0 Å². The van der Waals surface area contributed by atoms with Gasteiger partial charge in [-0.3, -0.25) is 0 Å². The van der Waals surface area contributed by atoms with Crippen molar-refractivity contribution in [2.75, 3.05) is 0 Å². The first kappa shape index (κ1) is 9.99. The fourth-order valence-corrected chi connectivity index (χ4v) is 1.22. The molecule has 0 aliphatic carbocycles. The first-order valence-corrected chi connectivity index (χ1v) is 4.61. The lowest BCUT2D eigenvalue weighted by atomic mass is 10.3. The summed E-state index contributed by atoms with van der Waals surface area (Å²) in [5.74, 6) is 0.776. The molecular formula is C12H8N2O2. The Morgan fingerprint density at radius 1 is 1.25 bits per heavy atom. The molecule has 16 heavy (non-hydrogen) atoms. The van der Waals surface area contributed by atoms with Crippen molar-refractivity contribution in [3.8, 4) is 23.4 Å². The maximum absolute atomic E-state index is 9.25. The van der Waals surface area contributed by atoms with Gasteiger partial charge >= 0.3 is 0 Å². The summed E-state index contributed by atoms with van der Waals surface area (Å²) in [5.41, 5.74) is 0.353. The molecule has 4 nitrogen and oxygen atoms in total. The molecule has 0 amide bonds. The van der Waals surface area contributed by atoms with Gasteiger partial charge in [-0.05, 0) is 24.3 Å². The van der Waals surface area contributed by atoms with Gasteiger partial charge in [0.05, 0.1) is 0 Å². The van der Waals surface area contributed by atoms with Crippen LogP contribution in [0.25, 0.3) is 0 Å². The van der Waals surface area contributed by atoms with Crippen LogP contribution >= 0.6 is 0 Å². The zero-order valence-corrected chi connectivity index (χ0v) is 8.29. The molecule has 0 atom stereocenters. The van der Waals surface area contributed by atoms with E-state index in [0.29, 0.717) is 11.3 Å². The van der Waals surface area contributed by atoms with E-state index < -0.39 is 0 Å². The summed E-state index contributed by atoms with van der Waals surface area (Å²) < 4.78 is 5.39. The molecule has 0 aliphatic heterocycles. The van der Waals surface area contributed by atoms with Crippen molar-refractivity contribution >= 4 is 0 Å². The third-order valence-electron chi connectivity index (χ3n) is 1.92. The van der Waals surface area contributed by atoms with Crippen molar-refractivity contribution in [1.29, 1.82) is 5.26 Å². The van der Waals surface area contributed by atoms with Gasteiger partial charge in [-0.2, -0.15) is 5.26 Å². The van der Waals surface area contributed by atoms with E-state index in [0.717, 1.165) is 0 Å². The Labute approximate surface area is 92.4 Å². The van der Waals surface area contributed by atoms with Gasteiger partial charge < -0.3 is 9.84 Å². The number of benzene rings is 1. The highest BCUT2D eigenvalue weighted by Crippen LogP contribution is 2.24. The van der Waals surface area contributed by atoms with E-state index in [1.54, 1.807) is 30.5 Å². The molecule has 2 rings (SSSR count). The first-order valence-electron chi connectivity index (χ1n) is 4.61. The van der Waals surface area contributed by atoms with Crippen LogP contribution in [0.4, 0.5) is 0 Å². The summed E-state index contributed by atoms with van der Waals surface area (Å²) in [6.07, 6.45) is 1.54. The lowest BCUT2D eigenvalue weighted by molar-refractivity contribution is 0.444. The average molecular weight is 212 g/mol. The van der Waals surface area contributed by atoms with E-state index in [9.17, 15) is 5.11 Å². The van der Waals surface area contributed by atoms with Crippen LogP contribution in [-0.2, 0) is 0 Å².